The van der Waals surface area contributed by atoms with E-state index in [1.807, 2.05) is 24.3 Å². The van der Waals surface area contributed by atoms with Gasteiger partial charge in [-0.1, -0.05) is 11.6 Å². The molecule has 0 radical (unpaired) electrons. The molecule has 2 N–H and O–H groups in total. The van der Waals surface area contributed by atoms with Crippen LogP contribution in [0.1, 0.15) is 25.7 Å². The van der Waals surface area contributed by atoms with Gasteiger partial charge in [-0.2, -0.15) is 11.8 Å². The summed E-state index contributed by atoms with van der Waals surface area (Å²) in [4.78, 5) is 24.7. The molecule has 0 saturated carbocycles. The predicted molar refractivity (Wildman–Crippen MR) is 96.5 cm³/mol. The molecule has 4 nitrogen and oxygen atoms in total. The molecule has 0 spiro atoms. The molecule has 1 saturated heterocycles. The average molecular weight is 374 g/mol. The third-order valence-electron chi connectivity index (χ3n) is 3.76. The van der Waals surface area contributed by atoms with Crippen LogP contribution >= 0.6 is 35.1 Å². The van der Waals surface area contributed by atoms with Crippen LogP contribution < -0.4 is 5.32 Å². The van der Waals surface area contributed by atoms with Crippen LogP contribution in [0.25, 0.3) is 0 Å². The molecule has 7 heteroatoms. The minimum atomic E-state index is -1.06. The number of thioether (sulfide) groups is 2. The van der Waals surface area contributed by atoms with Gasteiger partial charge in [0, 0.05) is 16.3 Å². The largest absolute Gasteiger partial charge is 0.480 e. The standard InChI is InChI=1S/C16H20ClNO3S2/c17-12-3-5-13(6-4-12)23-9-1-2-14(19)18-16(15(20)21)7-10-22-11-8-16/h3-6H,1-2,7-11H2,(H,18,19)(H,20,21). The number of carboxylic acids is 1. The van der Waals surface area contributed by atoms with Gasteiger partial charge in [0.1, 0.15) is 5.54 Å². The normalized spacial score (nSPS) is 16.7. The van der Waals surface area contributed by atoms with E-state index in [1.165, 1.54) is 0 Å². The Labute approximate surface area is 149 Å². The van der Waals surface area contributed by atoms with Gasteiger partial charge >= 0.3 is 5.97 Å². The van der Waals surface area contributed by atoms with Crippen molar-refractivity contribution in [2.24, 2.45) is 0 Å². The number of carboxylic acid groups (broad SMARTS) is 1. The first-order valence-electron chi connectivity index (χ1n) is 7.52. The lowest BCUT2D eigenvalue weighted by Gasteiger charge is -2.33. The van der Waals surface area contributed by atoms with Crippen LogP contribution in [0.15, 0.2) is 29.2 Å². The van der Waals surface area contributed by atoms with E-state index < -0.39 is 11.5 Å². The third kappa shape index (κ3) is 5.62. The molecule has 0 bridgehead atoms. The number of carbonyl (C=O) groups excluding carboxylic acids is 1. The fourth-order valence-electron chi connectivity index (χ4n) is 2.40. The van der Waals surface area contributed by atoms with Crippen LogP contribution in [0.3, 0.4) is 0 Å². The lowest BCUT2D eigenvalue weighted by molar-refractivity contribution is -0.148. The van der Waals surface area contributed by atoms with Gasteiger partial charge in [0.2, 0.25) is 5.91 Å². The maximum absolute atomic E-state index is 12.1. The SMILES string of the molecule is O=C(CCCSc1ccc(Cl)cc1)NC1(C(=O)O)CCSCC1. The number of carbonyl (C=O) groups is 2. The van der Waals surface area contributed by atoms with Gasteiger partial charge in [0.25, 0.3) is 0 Å². The molecule has 1 aromatic rings. The van der Waals surface area contributed by atoms with Gasteiger partial charge in [-0.15, -0.1) is 11.8 Å². The third-order valence-corrected chi connectivity index (χ3v) is 6.10. The first-order valence-corrected chi connectivity index (χ1v) is 10.0. The van der Waals surface area contributed by atoms with Gasteiger partial charge in [-0.25, -0.2) is 4.79 Å². The lowest BCUT2D eigenvalue weighted by Crippen LogP contribution is -2.56. The quantitative estimate of drug-likeness (QED) is 0.563. The summed E-state index contributed by atoms with van der Waals surface area (Å²) in [5.41, 5.74) is -1.06. The maximum Gasteiger partial charge on any atom is 0.329 e. The monoisotopic (exact) mass is 373 g/mol. The summed E-state index contributed by atoms with van der Waals surface area (Å²) in [6.07, 6.45) is 2.06. The molecule has 1 amide bonds. The molecule has 0 unspecified atom stereocenters. The molecule has 0 atom stereocenters. The van der Waals surface area contributed by atoms with Gasteiger partial charge in [0.05, 0.1) is 0 Å². The van der Waals surface area contributed by atoms with Gasteiger partial charge in [-0.05, 0) is 60.8 Å². The van der Waals surface area contributed by atoms with Crippen molar-refractivity contribution in [1.29, 1.82) is 0 Å². The van der Waals surface area contributed by atoms with Crippen LogP contribution in [-0.4, -0.2) is 39.8 Å². The smallest absolute Gasteiger partial charge is 0.329 e. The first-order chi connectivity index (χ1) is 11.0. The molecule has 1 aliphatic rings. The Bertz CT molecular complexity index is 545. The molecular weight excluding hydrogens is 354 g/mol. The maximum atomic E-state index is 12.1. The Morgan fingerprint density at radius 3 is 2.52 bits per heavy atom. The summed E-state index contributed by atoms with van der Waals surface area (Å²) < 4.78 is 0. The van der Waals surface area contributed by atoms with E-state index in [2.05, 4.69) is 5.32 Å². The topological polar surface area (TPSA) is 66.4 Å². The predicted octanol–water partition coefficient (Wildman–Crippen LogP) is 3.68. The Morgan fingerprint density at radius 2 is 1.91 bits per heavy atom. The molecule has 1 fully saturated rings. The van der Waals surface area contributed by atoms with Crippen molar-refractivity contribution in [3.8, 4) is 0 Å². The second kappa shape index (κ2) is 8.85. The molecule has 2 rings (SSSR count). The summed E-state index contributed by atoms with van der Waals surface area (Å²) in [5.74, 6) is 1.28. The number of aliphatic carboxylic acids is 1. The minimum Gasteiger partial charge on any atom is -0.480 e. The summed E-state index contributed by atoms with van der Waals surface area (Å²) in [5, 5.41) is 12.9. The number of rotatable bonds is 7. The number of amides is 1. The highest BCUT2D eigenvalue weighted by atomic mass is 35.5. The number of hydrogen-bond acceptors (Lipinski definition) is 4. The number of hydrogen-bond donors (Lipinski definition) is 2. The van der Waals surface area contributed by atoms with Crippen molar-refractivity contribution in [3.63, 3.8) is 0 Å². The van der Waals surface area contributed by atoms with Crippen molar-refractivity contribution >= 4 is 47.0 Å². The second-order valence-corrected chi connectivity index (χ2v) is 8.28. The number of benzene rings is 1. The summed E-state index contributed by atoms with van der Waals surface area (Å²) >= 11 is 9.23. The van der Waals surface area contributed by atoms with Crippen molar-refractivity contribution in [2.45, 2.75) is 36.1 Å². The number of halogens is 1. The number of nitrogens with one attached hydrogen (secondary N) is 1. The average Bonchev–Trinajstić information content (AvgIpc) is 2.54. The van der Waals surface area contributed by atoms with Crippen molar-refractivity contribution < 1.29 is 14.7 Å². The van der Waals surface area contributed by atoms with E-state index in [1.54, 1.807) is 23.5 Å². The van der Waals surface area contributed by atoms with E-state index in [0.717, 1.165) is 22.2 Å². The molecule has 0 aromatic heterocycles. The zero-order valence-electron chi connectivity index (χ0n) is 12.7. The summed E-state index contributed by atoms with van der Waals surface area (Å²) in [7, 11) is 0. The van der Waals surface area contributed by atoms with E-state index in [-0.39, 0.29) is 5.91 Å². The molecule has 1 heterocycles. The summed E-state index contributed by atoms with van der Waals surface area (Å²) in [6, 6.07) is 7.58. The Balaban J connectivity index is 1.73. The van der Waals surface area contributed by atoms with Gasteiger partial charge in [-0.3, -0.25) is 4.79 Å². The van der Waals surface area contributed by atoms with E-state index in [0.29, 0.717) is 30.7 Å². The van der Waals surface area contributed by atoms with Crippen LogP contribution in [-0.2, 0) is 9.59 Å². The minimum absolute atomic E-state index is 0.170. The molecule has 126 valence electrons. The Hall–Kier alpha value is -0.850. The van der Waals surface area contributed by atoms with Crippen molar-refractivity contribution in [2.75, 3.05) is 17.3 Å². The van der Waals surface area contributed by atoms with E-state index in [9.17, 15) is 14.7 Å². The fraction of sp³-hybridized carbons (Fsp3) is 0.500. The zero-order valence-corrected chi connectivity index (χ0v) is 15.1. The van der Waals surface area contributed by atoms with E-state index >= 15 is 0 Å². The zero-order chi connectivity index (χ0) is 16.7. The first kappa shape index (κ1) is 18.5. The fourth-order valence-corrected chi connectivity index (χ4v) is 4.56. The molecule has 1 aliphatic heterocycles. The highest BCUT2D eigenvalue weighted by Crippen LogP contribution is 2.28. The van der Waals surface area contributed by atoms with Crippen LogP contribution in [0.5, 0.6) is 0 Å². The summed E-state index contributed by atoms with van der Waals surface area (Å²) in [6.45, 7) is 0. The lowest BCUT2D eigenvalue weighted by atomic mass is 9.92. The Kier molecular flexibility index (Phi) is 7.11. The van der Waals surface area contributed by atoms with Crippen LogP contribution in [0.4, 0.5) is 0 Å². The molecular formula is C16H20ClNO3S2. The van der Waals surface area contributed by atoms with Crippen molar-refractivity contribution in [1.82, 2.24) is 5.32 Å². The van der Waals surface area contributed by atoms with Crippen LogP contribution in [0, 0.1) is 0 Å². The van der Waals surface area contributed by atoms with Crippen LogP contribution in [0.2, 0.25) is 5.02 Å². The molecule has 0 aliphatic carbocycles. The van der Waals surface area contributed by atoms with Gasteiger partial charge < -0.3 is 10.4 Å². The second-order valence-electron chi connectivity index (χ2n) is 5.45. The molecule has 23 heavy (non-hydrogen) atoms. The van der Waals surface area contributed by atoms with Crippen molar-refractivity contribution in [3.05, 3.63) is 29.3 Å². The highest BCUT2D eigenvalue weighted by molar-refractivity contribution is 7.99. The van der Waals surface area contributed by atoms with E-state index in [4.69, 9.17) is 11.6 Å². The van der Waals surface area contributed by atoms with Gasteiger partial charge in [0.15, 0.2) is 0 Å². The highest BCUT2D eigenvalue weighted by Gasteiger charge is 2.40. The molecule has 1 aromatic carbocycles. The Morgan fingerprint density at radius 1 is 1.26 bits per heavy atom.